The number of halogens is 2. The first kappa shape index (κ1) is 9.31. The van der Waals surface area contributed by atoms with Gasteiger partial charge in [-0.2, -0.15) is 5.26 Å². The number of hydrogen-bond donors (Lipinski definition) is 0. The molecule has 1 heterocycles. The summed E-state index contributed by atoms with van der Waals surface area (Å²) in [5.41, 5.74) is 0.794. The van der Waals surface area contributed by atoms with Crippen molar-refractivity contribution < 1.29 is 0 Å². The number of pyridine rings is 1. The maximum absolute atomic E-state index is 8.61. The van der Waals surface area contributed by atoms with Gasteiger partial charge >= 0.3 is 0 Å². The van der Waals surface area contributed by atoms with Crippen molar-refractivity contribution in [3.63, 3.8) is 0 Å². The predicted molar refractivity (Wildman–Crippen MR) is 48.3 cm³/mol. The van der Waals surface area contributed by atoms with Crippen LogP contribution in [0.2, 0.25) is 10.3 Å². The van der Waals surface area contributed by atoms with Crippen LogP contribution in [0.3, 0.4) is 0 Å². The van der Waals surface area contributed by atoms with Gasteiger partial charge in [0, 0.05) is 0 Å². The van der Waals surface area contributed by atoms with E-state index in [1.807, 2.05) is 0 Å². The Balaban J connectivity index is 3.10. The molecule has 0 fully saturated rings. The highest BCUT2D eigenvalue weighted by atomic mass is 35.5. The lowest BCUT2D eigenvalue weighted by Crippen LogP contribution is -1.90. The van der Waals surface area contributed by atoms with Gasteiger partial charge in [-0.15, -0.1) is 0 Å². The largest absolute Gasteiger partial charge is 0.224 e. The summed E-state index contributed by atoms with van der Waals surface area (Å²) in [4.78, 5) is 3.77. The molecule has 0 aliphatic heterocycles. The topological polar surface area (TPSA) is 36.7 Å². The summed E-state index contributed by atoms with van der Waals surface area (Å²) < 4.78 is 0. The molecule has 2 nitrogen and oxygen atoms in total. The van der Waals surface area contributed by atoms with E-state index >= 15 is 0 Å². The van der Waals surface area contributed by atoms with Crippen LogP contribution in [0.1, 0.15) is 18.4 Å². The fraction of sp³-hybridized carbons (Fsp3) is 0.250. The second-order valence-corrected chi connectivity index (χ2v) is 3.17. The number of hydrogen-bond acceptors (Lipinski definition) is 2. The van der Waals surface area contributed by atoms with Crippen molar-refractivity contribution in [2.24, 2.45) is 0 Å². The molecule has 1 aromatic heterocycles. The van der Waals surface area contributed by atoms with Crippen LogP contribution in [0, 0.1) is 11.3 Å². The minimum atomic E-state index is -0.206. The van der Waals surface area contributed by atoms with E-state index in [-0.39, 0.29) is 5.92 Å². The molecule has 0 N–H and O–H groups in total. The van der Waals surface area contributed by atoms with Crippen LogP contribution in [0.15, 0.2) is 12.1 Å². The van der Waals surface area contributed by atoms with Gasteiger partial charge in [-0.3, -0.25) is 0 Å². The first-order chi connectivity index (χ1) is 5.63. The molecule has 0 saturated heterocycles. The van der Waals surface area contributed by atoms with E-state index in [4.69, 9.17) is 28.5 Å². The summed E-state index contributed by atoms with van der Waals surface area (Å²) >= 11 is 11.3. The lowest BCUT2D eigenvalue weighted by atomic mass is 10.1. The molecular weight excluding hydrogens is 195 g/mol. The fourth-order valence-electron chi connectivity index (χ4n) is 0.808. The molecule has 1 atom stereocenters. The van der Waals surface area contributed by atoms with Crippen molar-refractivity contribution in [2.75, 3.05) is 0 Å². The van der Waals surface area contributed by atoms with Crippen LogP contribution in [0.25, 0.3) is 0 Å². The lowest BCUT2D eigenvalue weighted by molar-refractivity contribution is 0.975. The number of nitrogens with zero attached hydrogens (tertiary/aromatic N) is 2. The molecule has 4 heteroatoms. The van der Waals surface area contributed by atoms with Crippen LogP contribution in [0.4, 0.5) is 0 Å². The average molecular weight is 201 g/mol. The van der Waals surface area contributed by atoms with Gasteiger partial charge in [-0.05, 0) is 24.6 Å². The number of rotatable bonds is 1. The minimum absolute atomic E-state index is 0.206. The Bertz CT molecular complexity index is 310. The molecule has 0 bridgehead atoms. The van der Waals surface area contributed by atoms with Gasteiger partial charge in [0.1, 0.15) is 10.3 Å². The van der Waals surface area contributed by atoms with Gasteiger partial charge in [-0.1, -0.05) is 23.2 Å². The smallest absolute Gasteiger partial charge is 0.131 e. The standard InChI is InChI=1S/C8H6Cl2N2/c1-5(4-11)6-2-7(9)12-8(10)3-6/h2-3,5H,1H3. The van der Waals surface area contributed by atoms with Crippen molar-refractivity contribution in [1.82, 2.24) is 4.98 Å². The van der Waals surface area contributed by atoms with Crippen molar-refractivity contribution in [3.8, 4) is 6.07 Å². The molecule has 1 rings (SSSR count). The maximum Gasteiger partial charge on any atom is 0.131 e. The number of nitriles is 1. The number of aromatic nitrogens is 1. The van der Waals surface area contributed by atoms with E-state index in [9.17, 15) is 0 Å². The normalized spacial score (nSPS) is 12.2. The SMILES string of the molecule is CC(C#N)c1cc(Cl)nc(Cl)c1. The van der Waals surface area contributed by atoms with Crippen LogP contribution in [-0.2, 0) is 0 Å². The summed E-state index contributed by atoms with van der Waals surface area (Å²) in [6.45, 7) is 1.78. The maximum atomic E-state index is 8.61. The second kappa shape index (κ2) is 3.75. The van der Waals surface area contributed by atoms with Gasteiger partial charge < -0.3 is 0 Å². The van der Waals surface area contributed by atoms with Crippen LogP contribution >= 0.6 is 23.2 Å². The third-order valence-corrected chi connectivity index (χ3v) is 1.87. The zero-order valence-electron chi connectivity index (χ0n) is 6.38. The molecule has 0 radical (unpaired) electrons. The summed E-state index contributed by atoms with van der Waals surface area (Å²) in [5, 5.41) is 9.25. The van der Waals surface area contributed by atoms with Crippen LogP contribution in [-0.4, -0.2) is 4.98 Å². The zero-order chi connectivity index (χ0) is 9.14. The highest BCUT2D eigenvalue weighted by Crippen LogP contribution is 2.20. The molecule has 0 saturated carbocycles. The molecule has 0 aliphatic carbocycles. The summed E-state index contributed by atoms with van der Waals surface area (Å²) in [6.07, 6.45) is 0. The fourth-order valence-corrected chi connectivity index (χ4v) is 1.29. The molecule has 12 heavy (non-hydrogen) atoms. The Kier molecular flexibility index (Phi) is 2.91. The minimum Gasteiger partial charge on any atom is -0.224 e. The van der Waals surface area contributed by atoms with E-state index in [1.54, 1.807) is 19.1 Å². The second-order valence-electron chi connectivity index (χ2n) is 2.40. The van der Waals surface area contributed by atoms with Gasteiger partial charge in [0.05, 0.1) is 12.0 Å². The van der Waals surface area contributed by atoms with Gasteiger partial charge in [-0.25, -0.2) is 4.98 Å². The van der Waals surface area contributed by atoms with Crippen molar-refractivity contribution in [3.05, 3.63) is 28.0 Å². The van der Waals surface area contributed by atoms with E-state index < -0.39 is 0 Å². The van der Waals surface area contributed by atoms with Crippen LogP contribution < -0.4 is 0 Å². The first-order valence-electron chi connectivity index (χ1n) is 3.36. The molecule has 0 aromatic carbocycles. The highest BCUT2D eigenvalue weighted by molar-refractivity contribution is 6.32. The molecule has 0 aliphatic rings. The Labute approximate surface area is 80.7 Å². The summed E-state index contributed by atoms with van der Waals surface area (Å²) in [7, 11) is 0. The predicted octanol–water partition coefficient (Wildman–Crippen LogP) is 3.02. The highest BCUT2D eigenvalue weighted by Gasteiger charge is 2.06. The van der Waals surface area contributed by atoms with E-state index in [0.717, 1.165) is 5.56 Å². The van der Waals surface area contributed by atoms with Crippen molar-refractivity contribution >= 4 is 23.2 Å². The Hall–Kier alpha value is -0.780. The average Bonchev–Trinajstić information content (AvgIpc) is 2.01. The first-order valence-corrected chi connectivity index (χ1v) is 4.11. The quantitative estimate of drug-likeness (QED) is 0.654. The Morgan fingerprint density at radius 1 is 1.42 bits per heavy atom. The van der Waals surface area contributed by atoms with Crippen molar-refractivity contribution in [1.29, 1.82) is 5.26 Å². The van der Waals surface area contributed by atoms with Crippen LogP contribution in [0.5, 0.6) is 0 Å². The van der Waals surface area contributed by atoms with Crippen molar-refractivity contribution in [2.45, 2.75) is 12.8 Å². The zero-order valence-corrected chi connectivity index (χ0v) is 7.89. The molecule has 1 aromatic rings. The van der Waals surface area contributed by atoms with E-state index in [1.165, 1.54) is 0 Å². The van der Waals surface area contributed by atoms with Gasteiger partial charge in [0.25, 0.3) is 0 Å². The molecular formula is C8H6Cl2N2. The Morgan fingerprint density at radius 3 is 2.33 bits per heavy atom. The van der Waals surface area contributed by atoms with Gasteiger partial charge in [0.2, 0.25) is 0 Å². The molecule has 0 amide bonds. The molecule has 1 unspecified atom stereocenters. The van der Waals surface area contributed by atoms with E-state index in [2.05, 4.69) is 11.1 Å². The third kappa shape index (κ3) is 2.10. The Morgan fingerprint density at radius 2 is 1.92 bits per heavy atom. The molecule has 0 spiro atoms. The monoisotopic (exact) mass is 200 g/mol. The summed E-state index contributed by atoms with van der Waals surface area (Å²) in [6, 6.07) is 5.37. The molecule has 62 valence electrons. The summed E-state index contributed by atoms with van der Waals surface area (Å²) in [5.74, 6) is -0.206. The van der Waals surface area contributed by atoms with E-state index in [0.29, 0.717) is 10.3 Å². The van der Waals surface area contributed by atoms with Gasteiger partial charge in [0.15, 0.2) is 0 Å². The lowest BCUT2D eigenvalue weighted by Gasteiger charge is -2.02. The third-order valence-electron chi connectivity index (χ3n) is 1.48.